The molecule has 4 nitrogen and oxygen atoms in total. The summed E-state index contributed by atoms with van der Waals surface area (Å²) < 4.78 is 6.95. The van der Waals surface area contributed by atoms with E-state index in [1.807, 2.05) is 35.0 Å². The standard InChI is InChI=1S/C13H12N2O2S/c14-12(18)9-1-2-10-8(7-9)3-5-15(10)11-4-6-17-13(11)16/h1-3,5,7,11H,4,6H2,(H2,14,18). The Morgan fingerprint density at radius 1 is 1.44 bits per heavy atom. The van der Waals surface area contributed by atoms with Gasteiger partial charge in [-0.3, -0.25) is 0 Å². The molecule has 2 heterocycles. The smallest absolute Gasteiger partial charge is 0.329 e. The van der Waals surface area contributed by atoms with Gasteiger partial charge in [-0.1, -0.05) is 12.2 Å². The van der Waals surface area contributed by atoms with Gasteiger partial charge >= 0.3 is 5.97 Å². The highest BCUT2D eigenvalue weighted by molar-refractivity contribution is 7.80. The van der Waals surface area contributed by atoms with E-state index in [-0.39, 0.29) is 12.0 Å². The third-order valence-corrected chi connectivity index (χ3v) is 3.48. The van der Waals surface area contributed by atoms with Crippen LogP contribution >= 0.6 is 12.2 Å². The second-order valence-electron chi connectivity index (χ2n) is 4.33. The molecule has 3 rings (SSSR count). The van der Waals surface area contributed by atoms with Crippen LogP contribution in [0.15, 0.2) is 30.5 Å². The molecule has 1 aliphatic heterocycles. The van der Waals surface area contributed by atoms with Gasteiger partial charge < -0.3 is 15.0 Å². The molecule has 0 saturated carbocycles. The monoisotopic (exact) mass is 260 g/mol. The van der Waals surface area contributed by atoms with Crippen molar-refractivity contribution in [1.82, 2.24) is 4.57 Å². The first-order valence-corrected chi connectivity index (χ1v) is 6.14. The largest absolute Gasteiger partial charge is 0.464 e. The van der Waals surface area contributed by atoms with E-state index in [9.17, 15) is 4.79 Å². The van der Waals surface area contributed by atoms with Crippen LogP contribution in [0.25, 0.3) is 10.9 Å². The molecule has 1 aromatic heterocycles. The first kappa shape index (κ1) is 11.2. The van der Waals surface area contributed by atoms with E-state index in [1.54, 1.807) is 0 Å². The molecule has 0 amide bonds. The number of thiocarbonyl (C=S) groups is 1. The predicted octanol–water partition coefficient (Wildman–Crippen LogP) is 1.76. The Balaban J connectivity index is 2.09. The zero-order valence-corrected chi connectivity index (χ0v) is 10.4. The first-order valence-electron chi connectivity index (χ1n) is 5.74. The minimum absolute atomic E-state index is 0.161. The normalized spacial score (nSPS) is 19.1. The number of ether oxygens (including phenoxy) is 1. The third-order valence-electron chi connectivity index (χ3n) is 3.25. The van der Waals surface area contributed by atoms with Crippen LogP contribution in [0.3, 0.4) is 0 Å². The Morgan fingerprint density at radius 3 is 2.94 bits per heavy atom. The molecule has 1 unspecified atom stereocenters. The summed E-state index contributed by atoms with van der Waals surface area (Å²) in [4.78, 5) is 12.0. The van der Waals surface area contributed by atoms with Crippen LogP contribution < -0.4 is 5.73 Å². The molecule has 1 aliphatic rings. The van der Waals surface area contributed by atoms with Gasteiger partial charge in [-0.25, -0.2) is 4.79 Å². The first-order chi connectivity index (χ1) is 8.66. The number of fused-ring (bicyclic) bond motifs is 1. The van der Waals surface area contributed by atoms with Crippen molar-refractivity contribution in [3.8, 4) is 0 Å². The van der Waals surface area contributed by atoms with Gasteiger partial charge in [-0.15, -0.1) is 0 Å². The lowest BCUT2D eigenvalue weighted by atomic mass is 10.1. The second kappa shape index (κ2) is 4.10. The number of carbonyl (C=O) groups is 1. The quantitative estimate of drug-likeness (QED) is 0.660. The molecular weight excluding hydrogens is 248 g/mol. The molecule has 0 spiro atoms. The minimum Gasteiger partial charge on any atom is -0.464 e. The molecule has 0 radical (unpaired) electrons. The van der Waals surface area contributed by atoms with Gasteiger partial charge in [0.1, 0.15) is 11.0 Å². The van der Waals surface area contributed by atoms with Gasteiger partial charge in [0.25, 0.3) is 0 Å². The Hall–Kier alpha value is -1.88. The summed E-state index contributed by atoms with van der Waals surface area (Å²) in [5.41, 5.74) is 7.44. The number of rotatable bonds is 2. The fraction of sp³-hybridized carbons (Fsp3) is 0.231. The van der Waals surface area contributed by atoms with E-state index in [4.69, 9.17) is 22.7 Å². The van der Waals surface area contributed by atoms with Gasteiger partial charge in [0.05, 0.1) is 6.61 Å². The van der Waals surface area contributed by atoms with Crippen LogP contribution in [0.2, 0.25) is 0 Å². The van der Waals surface area contributed by atoms with E-state index in [0.29, 0.717) is 11.6 Å². The summed E-state index contributed by atoms with van der Waals surface area (Å²) in [7, 11) is 0. The summed E-state index contributed by atoms with van der Waals surface area (Å²) >= 11 is 4.95. The van der Waals surface area contributed by atoms with Gasteiger partial charge in [0, 0.05) is 29.1 Å². The molecule has 2 aromatic rings. The fourth-order valence-corrected chi connectivity index (χ4v) is 2.45. The number of nitrogens with two attached hydrogens (primary N) is 1. The highest BCUT2D eigenvalue weighted by Crippen LogP contribution is 2.27. The van der Waals surface area contributed by atoms with Gasteiger partial charge in [-0.2, -0.15) is 0 Å². The number of nitrogens with zero attached hydrogens (tertiary/aromatic N) is 1. The van der Waals surface area contributed by atoms with Crippen molar-refractivity contribution in [2.75, 3.05) is 6.61 Å². The molecule has 18 heavy (non-hydrogen) atoms. The average molecular weight is 260 g/mol. The highest BCUT2D eigenvalue weighted by Gasteiger charge is 2.28. The molecule has 1 saturated heterocycles. The average Bonchev–Trinajstić information content (AvgIpc) is 2.93. The number of esters is 1. The van der Waals surface area contributed by atoms with Crippen molar-refractivity contribution in [2.24, 2.45) is 5.73 Å². The van der Waals surface area contributed by atoms with E-state index in [2.05, 4.69) is 0 Å². The summed E-state index contributed by atoms with van der Waals surface area (Å²) in [6.07, 6.45) is 2.63. The molecular formula is C13H12N2O2S. The maximum Gasteiger partial charge on any atom is 0.329 e. The SMILES string of the molecule is NC(=S)c1ccc2c(ccn2C2CCOC2=O)c1. The summed E-state index contributed by atoms with van der Waals surface area (Å²) in [6.45, 7) is 0.494. The molecule has 1 atom stereocenters. The van der Waals surface area contributed by atoms with Crippen LogP contribution in [0.4, 0.5) is 0 Å². The van der Waals surface area contributed by atoms with Crippen molar-refractivity contribution in [1.29, 1.82) is 0 Å². The van der Waals surface area contributed by atoms with Crippen molar-refractivity contribution < 1.29 is 9.53 Å². The lowest BCUT2D eigenvalue weighted by molar-refractivity contribution is -0.140. The van der Waals surface area contributed by atoms with E-state index < -0.39 is 0 Å². The van der Waals surface area contributed by atoms with E-state index in [0.717, 1.165) is 22.9 Å². The number of carbonyl (C=O) groups excluding carboxylic acids is 1. The van der Waals surface area contributed by atoms with Crippen molar-refractivity contribution in [3.63, 3.8) is 0 Å². The molecule has 0 bridgehead atoms. The molecule has 92 valence electrons. The molecule has 5 heteroatoms. The Bertz CT molecular complexity index is 647. The number of hydrogen-bond acceptors (Lipinski definition) is 3. The summed E-state index contributed by atoms with van der Waals surface area (Å²) in [6, 6.07) is 7.51. The van der Waals surface area contributed by atoms with Crippen molar-refractivity contribution >= 4 is 34.1 Å². The molecule has 1 aromatic carbocycles. The molecule has 1 fully saturated rings. The number of aromatic nitrogens is 1. The highest BCUT2D eigenvalue weighted by atomic mass is 32.1. The van der Waals surface area contributed by atoms with Crippen LogP contribution in [0.1, 0.15) is 18.0 Å². The van der Waals surface area contributed by atoms with Gasteiger partial charge in [-0.05, 0) is 24.3 Å². The summed E-state index contributed by atoms with van der Waals surface area (Å²) in [5, 5.41) is 1.03. The van der Waals surface area contributed by atoms with Crippen LogP contribution in [-0.4, -0.2) is 22.1 Å². The zero-order chi connectivity index (χ0) is 12.7. The maximum absolute atomic E-state index is 11.6. The summed E-state index contributed by atoms with van der Waals surface area (Å²) in [5.74, 6) is -0.161. The van der Waals surface area contributed by atoms with Crippen LogP contribution in [0.5, 0.6) is 0 Å². The minimum atomic E-state index is -0.210. The van der Waals surface area contributed by atoms with Crippen LogP contribution in [-0.2, 0) is 9.53 Å². The van der Waals surface area contributed by atoms with E-state index in [1.165, 1.54) is 0 Å². The number of hydrogen-bond donors (Lipinski definition) is 1. The third kappa shape index (κ3) is 1.67. The predicted molar refractivity (Wildman–Crippen MR) is 72.4 cm³/mol. The lowest BCUT2D eigenvalue weighted by Gasteiger charge is -2.10. The number of cyclic esters (lactones) is 1. The van der Waals surface area contributed by atoms with E-state index >= 15 is 0 Å². The lowest BCUT2D eigenvalue weighted by Crippen LogP contribution is -2.13. The molecule has 0 aliphatic carbocycles. The Labute approximate surface area is 109 Å². The maximum atomic E-state index is 11.6. The second-order valence-corrected chi connectivity index (χ2v) is 4.77. The van der Waals surface area contributed by atoms with Gasteiger partial charge in [0.15, 0.2) is 0 Å². The number of benzene rings is 1. The van der Waals surface area contributed by atoms with Crippen LogP contribution in [0, 0.1) is 0 Å². The topological polar surface area (TPSA) is 57.2 Å². The Morgan fingerprint density at radius 2 is 2.28 bits per heavy atom. The Kier molecular flexibility index (Phi) is 2.56. The van der Waals surface area contributed by atoms with Gasteiger partial charge in [0.2, 0.25) is 0 Å². The molecule has 2 N–H and O–H groups in total. The zero-order valence-electron chi connectivity index (χ0n) is 9.63. The fourth-order valence-electron chi connectivity index (χ4n) is 2.33. The van der Waals surface area contributed by atoms with Crippen molar-refractivity contribution in [3.05, 3.63) is 36.0 Å². The van der Waals surface area contributed by atoms with Crippen molar-refractivity contribution in [2.45, 2.75) is 12.5 Å².